The largest absolute Gasteiger partial charge is 0.309 e. The minimum atomic E-state index is 0.714. The first-order valence-corrected chi connectivity index (χ1v) is 9.84. The molecule has 0 aliphatic heterocycles. The summed E-state index contributed by atoms with van der Waals surface area (Å²) in [6, 6.07) is 7.41. The molecule has 2 unspecified atom stereocenters. The molecule has 0 amide bonds. The number of hydrogen-bond acceptors (Lipinski definition) is 3. The molecule has 1 N–H and O–H groups in total. The van der Waals surface area contributed by atoms with E-state index in [9.17, 15) is 0 Å². The minimum Gasteiger partial charge on any atom is -0.309 e. The Labute approximate surface area is 136 Å². The van der Waals surface area contributed by atoms with Crippen LogP contribution in [0.1, 0.15) is 44.4 Å². The van der Waals surface area contributed by atoms with E-state index in [2.05, 4.69) is 48.1 Å². The van der Waals surface area contributed by atoms with Crippen molar-refractivity contribution in [3.63, 3.8) is 0 Å². The van der Waals surface area contributed by atoms with E-state index in [4.69, 9.17) is 0 Å². The van der Waals surface area contributed by atoms with Crippen molar-refractivity contribution in [2.24, 2.45) is 11.8 Å². The van der Waals surface area contributed by atoms with Gasteiger partial charge in [0.25, 0.3) is 0 Å². The van der Waals surface area contributed by atoms with Gasteiger partial charge in [-0.2, -0.15) is 0 Å². The fourth-order valence-electron chi connectivity index (χ4n) is 3.49. The first-order chi connectivity index (χ1) is 10.2. The average molecular weight is 320 g/mol. The van der Waals surface area contributed by atoms with Gasteiger partial charge in [-0.15, -0.1) is 22.7 Å². The minimum absolute atomic E-state index is 0.714. The van der Waals surface area contributed by atoms with E-state index in [0.717, 1.165) is 18.4 Å². The summed E-state index contributed by atoms with van der Waals surface area (Å²) < 4.78 is 0. The highest BCUT2D eigenvalue weighted by atomic mass is 32.1. The molecule has 2 heterocycles. The van der Waals surface area contributed by atoms with Crippen molar-refractivity contribution in [3.05, 3.63) is 33.8 Å². The summed E-state index contributed by atoms with van der Waals surface area (Å²) in [7, 11) is 0. The van der Waals surface area contributed by atoms with Crippen molar-refractivity contribution in [2.75, 3.05) is 0 Å². The molecule has 1 aliphatic carbocycles. The van der Waals surface area contributed by atoms with Crippen LogP contribution in [0.15, 0.2) is 29.0 Å². The zero-order chi connectivity index (χ0) is 14.7. The Balaban J connectivity index is 1.59. The molecule has 0 aromatic carbocycles. The van der Waals surface area contributed by atoms with Gasteiger partial charge in [-0.25, -0.2) is 0 Å². The second kappa shape index (κ2) is 7.08. The molecule has 1 nitrogen and oxygen atoms in total. The molecule has 0 radical (unpaired) electrons. The van der Waals surface area contributed by atoms with Gasteiger partial charge in [0.05, 0.1) is 0 Å². The molecule has 1 aliphatic rings. The van der Waals surface area contributed by atoms with Crippen LogP contribution >= 0.6 is 22.7 Å². The number of thiophene rings is 2. The maximum atomic E-state index is 3.84. The van der Waals surface area contributed by atoms with Crippen molar-refractivity contribution in [3.8, 4) is 10.4 Å². The van der Waals surface area contributed by atoms with Gasteiger partial charge in [0.2, 0.25) is 0 Å². The number of nitrogens with one attached hydrogen (secondary N) is 1. The topological polar surface area (TPSA) is 12.0 Å². The Morgan fingerprint density at radius 1 is 1.24 bits per heavy atom. The first kappa shape index (κ1) is 15.3. The summed E-state index contributed by atoms with van der Waals surface area (Å²) in [5, 5.41) is 8.29. The highest BCUT2D eigenvalue weighted by molar-refractivity contribution is 7.14. The molecule has 0 bridgehead atoms. The Morgan fingerprint density at radius 2 is 2.10 bits per heavy atom. The predicted octanol–water partition coefficient (Wildman–Crippen LogP) is 5.78. The molecular weight excluding hydrogens is 294 g/mol. The quantitative estimate of drug-likeness (QED) is 0.736. The normalized spacial score (nSPS) is 22.8. The smallest absolute Gasteiger partial charge is 0.0351 e. The van der Waals surface area contributed by atoms with Crippen LogP contribution in [0.5, 0.6) is 0 Å². The van der Waals surface area contributed by atoms with E-state index in [1.165, 1.54) is 41.0 Å². The molecule has 114 valence electrons. The van der Waals surface area contributed by atoms with E-state index in [1.54, 1.807) is 0 Å². The molecule has 21 heavy (non-hydrogen) atoms. The second-order valence-corrected chi connectivity index (χ2v) is 8.40. The van der Waals surface area contributed by atoms with Crippen LogP contribution in [0.25, 0.3) is 10.4 Å². The lowest BCUT2D eigenvalue weighted by molar-refractivity contribution is 0.205. The Hall–Kier alpha value is -0.640. The summed E-state index contributed by atoms with van der Waals surface area (Å²) in [6.45, 7) is 5.79. The van der Waals surface area contributed by atoms with Crippen molar-refractivity contribution in [2.45, 2.75) is 52.1 Å². The molecule has 3 rings (SSSR count). The van der Waals surface area contributed by atoms with E-state index < -0.39 is 0 Å². The number of rotatable bonds is 5. The number of hydrogen-bond donors (Lipinski definition) is 1. The van der Waals surface area contributed by atoms with E-state index in [1.807, 2.05) is 22.7 Å². The molecular formula is C18H25NS2. The highest BCUT2D eigenvalue weighted by Crippen LogP contribution is 2.32. The van der Waals surface area contributed by atoms with Crippen LogP contribution in [0.2, 0.25) is 0 Å². The van der Waals surface area contributed by atoms with Gasteiger partial charge >= 0.3 is 0 Å². The average Bonchev–Trinajstić information content (AvgIpc) is 3.16. The van der Waals surface area contributed by atoms with Crippen LogP contribution < -0.4 is 5.32 Å². The van der Waals surface area contributed by atoms with E-state index in [0.29, 0.717) is 6.04 Å². The third kappa shape index (κ3) is 3.77. The highest BCUT2D eigenvalue weighted by Gasteiger charge is 2.26. The molecule has 0 saturated heterocycles. The predicted molar refractivity (Wildman–Crippen MR) is 95.1 cm³/mol. The Kier molecular flexibility index (Phi) is 5.15. The van der Waals surface area contributed by atoms with Crippen molar-refractivity contribution in [1.82, 2.24) is 5.32 Å². The summed E-state index contributed by atoms with van der Waals surface area (Å²) in [6.07, 6.45) is 5.57. The zero-order valence-corrected chi connectivity index (χ0v) is 14.6. The van der Waals surface area contributed by atoms with Gasteiger partial charge in [-0.1, -0.05) is 32.8 Å². The maximum Gasteiger partial charge on any atom is 0.0351 e. The van der Waals surface area contributed by atoms with Gasteiger partial charge in [-0.3, -0.25) is 0 Å². The SMILES string of the molecule is CC(C)C1CCCCC1NCc1cc(-c2cccs2)cs1. The molecule has 2 aromatic rings. The van der Waals surface area contributed by atoms with E-state index >= 15 is 0 Å². The van der Waals surface area contributed by atoms with Crippen LogP contribution in [-0.4, -0.2) is 6.04 Å². The summed E-state index contributed by atoms with van der Waals surface area (Å²) in [5.41, 5.74) is 1.39. The molecule has 2 atom stereocenters. The molecule has 0 spiro atoms. The lowest BCUT2D eigenvalue weighted by atomic mass is 9.78. The van der Waals surface area contributed by atoms with Gasteiger partial charge in [0.1, 0.15) is 0 Å². The third-order valence-electron chi connectivity index (χ3n) is 4.67. The Bertz CT molecular complexity index is 541. The lowest BCUT2D eigenvalue weighted by Crippen LogP contribution is -2.40. The van der Waals surface area contributed by atoms with Crippen molar-refractivity contribution in [1.29, 1.82) is 0 Å². The van der Waals surface area contributed by atoms with Gasteiger partial charge < -0.3 is 5.32 Å². The first-order valence-electron chi connectivity index (χ1n) is 8.08. The standard InChI is InChI=1S/C18H25NS2/c1-13(2)16-6-3-4-7-17(16)19-11-15-10-14(12-21-15)18-8-5-9-20-18/h5,8-10,12-13,16-17,19H,3-4,6-7,11H2,1-2H3. The fourth-order valence-corrected chi connectivity index (χ4v) is 5.11. The Morgan fingerprint density at radius 3 is 2.86 bits per heavy atom. The van der Waals surface area contributed by atoms with Crippen molar-refractivity contribution < 1.29 is 0 Å². The van der Waals surface area contributed by atoms with Crippen LogP contribution in [0.4, 0.5) is 0 Å². The van der Waals surface area contributed by atoms with Crippen LogP contribution in [0, 0.1) is 11.8 Å². The third-order valence-corrected chi connectivity index (χ3v) is 6.53. The van der Waals surface area contributed by atoms with E-state index in [-0.39, 0.29) is 0 Å². The maximum absolute atomic E-state index is 3.84. The monoisotopic (exact) mass is 319 g/mol. The lowest BCUT2D eigenvalue weighted by Gasteiger charge is -2.35. The molecule has 3 heteroatoms. The molecule has 1 saturated carbocycles. The molecule has 2 aromatic heterocycles. The van der Waals surface area contributed by atoms with Crippen molar-refractivity contribution >= 4 is 22.7 Å². The zero-order valence-electron chi connectivity index (χ0n) is 13.0. The van der Waals surface area contributed by atoms with Gasteiger partial charge in [0, 0.05) is 27.9 Å². The van der Waals surface area contributed by atoms with Gasteiger partial charge in [0.15, 0.2) is 0 Å². The second-order valence-electron chi connectivity index (χ2n) is 6.46. The fraction of sp³-hybridized carbons (Fsp3) is 0.556. The van der Waals surface area contributed by atoms with Gasteiger partial charge in [-0.05, 0) is 47.6 Å². The summed E-state index contributed by atoms with van der Waals surface area (Å²) >= 11 is 3.72. The molecule has 1 fully saturated rings. The summed E-state index contributed by atoms with van der Waals surface area (Å²) in [5.74, 6) is 1.66. The van der Waals surface area contributed by atoms with Crippen LogP contribution in [0.3, 0.4) is 0 Å². The summed E-state index contributed by atoms with van der Waals surface area (Å²) in [4.78, 5) is 2.85. The van der Waals surface area contributed by atoms with Crippen LogP contribution in [-0.2, 0) is 6.54 Å².